The van der Waals surface area contributed by atoms with Crippen LogP contribution in [0.15, 0.2) is 23.1 Å². The van der Waals surface area contributed by atoms with E-state index in [1.807, 2.05) is 13.0 Å². The summed E-state index contributed by atoms with van der Waals surface area (Å²) >= 11 is 4.93. The summed E-state index contributed by atoms with van der Waals surface area (Å²) in [7, 11) is -3.57. The number of thiocarbonyl (C=S) groups is 1. The molecule has 1 unspecified atom stereocenters. The number of nitrogens with one attached hydrogen (secondary N) is 1. The van der Waals surface area contributed by atoms with E-state index in [0.717, 1.165) is 31.2 Å². The lowest BCUT2D eigenvalue weighted by Crippen LogP contribution is -2.43. The molecule has 3 N–H and O–H groups in total. The molecule has 1 aromatic carbocycles. The first-order valence-electron chi connectivity index (χ1n) is 6.87. The zero-order valence-electron chi connectivity index (χ0n) is 11.6. The van der Waals surface area contributed by atoms with Gasteiger partial charge in [-0.2, -0.15) is 0 Å². The maximum absolute atomic E-state index is 12.4. The molecule has 0 bridgehead atoms. The minimum absolute atomic E-state index is 0.191. The van der Waals surface area contributed by atoms with E-state index < -0.39 is 16.1 Å². The molecule has 0 amide bonds. The molecule has 1 aliphatic rings. The Morgan fingerprint density at radius 3 is 2.75 bits per heavy atom. The highest BCUT2D eigenvalue weighted by molar-refractivity contribution is 7.89. The highest BCUT2D eigenvalue weighted by atomic mass is 32.2. The van der Waals surface area contributed by atoms with Gasteiger partial charge < -0.3 is 5.73 Å². The van der Waals surface area contributed by atoms with Gasteiger partial charge in [-0.25, -0.2) is 13.1 Å². The van der Waals surface area contributed by atoms with E-state index in [0.29, 0.717) is 11.3 Å². The second-order valence-corrected chi connectivity index (χ2v) is 7.33. The van der Waals surface area contributed by atoms with Gasteiger partial charge in [0.05, 0.1) is 15.9 Å². The van der Waals surface area contributed by atoms with Gasteiger partial charge >= 0.3 is 0 Å². The molecule has 0 aromatic heterocycles. The topological polar surface area (TPSA) is 72.2 Å². The number of aryl methyl sites for hydroxylation is 2. The Morgan fingerprint density at radius 1 is 1.40 bits per heavy atom. The van der Waals surface area contributed by atoms with E-state index in [1.165, 1.54) is 5.56 Å². The van der Waals surface area contributed by atoms with E-state index in [9.17, 15) is 8.42 Å². The first kappa shape index (κ1) is 15.4. The van der Waals surface area contributed by atoms with Gasteiger partial charge in [-0.3, -0.25) is 0 Å². The number of hydrogen-bond donors (Lipinski definition) is 2. The van der Waals surface area contributed by atoms with Crippen LogP contribution < -0.4 is 10.5 Å². The fraction of sp³-hybridized carbons (Fsp3) is 0.500. The summed E-state index contributed by atoms with van der Waals surface area (Å²) in [5, 5.41) is 0. The Kier molecular flexibility index (Phi) is 4.78. The third-order valence-electron chi connectivity index (χ3n) is 3.60. The molecular formula is C14H20N2O2S2. The van der Waals surface area contributed by atoms with Crippen molar-refractivity contribution < 1.29 is 8.42 Å². The second kappa shape index (κ2) is 6.20. The van der Waals surface area contributed by atoms with Gasteiger partial charge in [-0.1, -0.05) is 31.6 Å². The second-order valence-electron chi connectivity index (χ2n) is 5.15. The highest BCUT2D eigenvalue weighted by Gasteiger charge is 2.23. The fourth-order valence-corrected chi connectivity index (χ4v) is 4.07. The number of nitrogens with two attached hydrogens (primary N) is 1. The molecule has 0 saturated heterocycles. The Bertz CT molecular complexity index is 612. The standard InChI is InChI=1S/C14H20N2O2S2/c1-2-4-13(14(15)19)16-20(17,18)12-8-7-10-5-3-6-11(10)9-12/h7-9,13,16H,2-6H2,1H3,(H2,15,19). The van der Waals surface area contributed by atoms with Crippen molar-refractivity contribution in [1.29, 1.82) is 0 Å². The van der Waals surface area contributed by atoms with Crippen molar-refractivity contribution in [1.82, 2.24) is 4.72 Å². The van der Waals surface area contributed by atoms with Crippen molar-refractivity contribution in [3.8, 4) is 0 Å². The average molecular weight is 312 g/mol. The van der Waals surface area contributed by atoms with Crippen molar-refractivity contribution in [3.63, 3.8) is 0 Å². The van der Waals surface area contributed by atoms with Gasteiger partial charge in [0, 0.05) is 0 Å². The summed E-state index contributed by atoms with van der Waals surface area (Å²) in [4.78, 5) is 0.493. The summed E-state index contributed by atoms with van der Waals surface area (Å²) < 4.78 is 27.4. The lowest BCUT2D eigenvalue weighted by atomic mass is 10.1. The first-order valence-corrected chi connectivity index (χ1v) is 8.76. The summed E-state index contributed by atoms with van der Waals surface area (Å²) in [6.07, 6.45) is 4.51. The maximum Gasteiger partial charge on any atom is 0.241 e. The minimum atomic E-state index is -3.57. The zero-order valence-corrected chi connectivity index (χ0v) is 13.2. The van der Waals surface area contributed by atoms with Crippen molar-refractivity contribution in [3.05, 3.63) is 29.3 Å². The molecular weight excluding hydrogens is 292 g/mol. The molecule has 110 valence electrons. The SMILES string of the molecule is CCCC(NS(=O)(=O)c1ccc2c(c1)CCC2)C(N)=S. The molecule has 1 aliphatic carbocycles. The number of rotatable bonds is 6. The first-order chi connectivity index (χ1) is 9.44. The Hall–Kier alpha value is -0.980. The summed E-state index contributed by atoms with van der Waals surface area (Å²) in [6.45, 7) is 1.97. The third-order valence-corrected chi connectivity index (χ3v) is 5.35. The van der Waals surface area contributed by atoms with Crippen molar-refractivity contribution in [2.24, 2.45) is 5.73 Å². The van der Waals surface area contributed by atoms with Crippen LogP contribution in [0.25, 0.3) is 0 Å². The molecule has 20 heavy (non-hydrogen) atoms. The lowest BCUT2D eigenvalue weighted by Gasteiger charge is -2.17. The Morgan fingerprint density at radius 2 is 2.10 bits per heavy atom. The van der Waals surface area contributed by atoms with E-state index in [1.54, 1.807) is 12.1 Å². The van der Waals surface area contributed by atoms with Crippen LogP contribution in [-0.2, 0) is 22.9 Å². The van der Waals surface area contributed by atoms with Gasteiger partial charge in [-0.05, 0) is 48.9 Å². The van der Waals surface area contributed by atoms with Crippen LogP contribution in [0, 0.1) is 0 Å². The monoisotopic (exact) mass is 312 g/mol. The number of hydrogen-bond acceptors (Lipinski definition) is 3. The van der Waals surface area contributed by atoms with Crippen LogP contribution in [0.1, 0.15) is 37.3 Å². The normalized spacial score (nSPS) is 15.8. The number of sulfonamides is 1. The maximum atomic E-state index is 12.4. The largest absolute Gasteiger partial charge is 0.392 e. The zero-order chi connectivity index (χ0) is 14.8. The lowest BCUT2D eigenvalue weighted by molar-refractivity contribution is 0.567. The van der Waals surface area contributed by atoms with Crippen LogP contribution in [0.5, 0.6) is 0 Å². The molecule has 2 rings (SSSR count). The van der Waals surface area contributed by atoms with E-state index in [-0.39, 0.29) is 4.99 Å². The van der Waals surface area contributed by atoms with Crippen molar-refractivity contribution in [2.45, 2.75) is 50.0 Å². The molecule has 0 radical (unpaired) electrons. The summed E-state index contributed by atoms with van der Waals surface area (Å²) in [5.41, 5.74) is 7.99. The molecule has 0 saturated carbocycles. The van der Waals surface area contributed by atoms with Crippen LogP contribution >= 0.6 is 12.2 Å². The van der Waals surface area contributed by atoms with Gasteiger partial charge in [0.2, 0.25) is 10.0 Å². The quantitative estimate of drug-likeness (QED) is 0.787. The molecule has 1 atom stereocenters. The molecule has 4 nitrogen and oxygen atoms in total. The third kappa shape index (κ3) is 3.37. The van der Waals surface area contributed by atoms with Gasteiger partial charge in [0.1, 0.15) is 0 Å². The molecule has 0 heterocycles. The number of fused-ring (bicyclic) bond motifs is 1. The minimum Gasteiger partial charge on any atom is -0.392 e. The highest BCUT2D eigenvalue weighted by Crippen LogP contribution is 2.24. The van der Waals surface area contributed by atoms with Crippen LogP contribution in [-0.4, -0.2) is 19.4 Å². The van der Waals surface area contributed by atoms with Crippen molar-refractivity contribution >= 4 is 27.2 Å². The Labute approximate surface area is 125 Å². The fourth-order valence-electron chi connectivity index (χ4n) is 2.52. The Balaban J connectivity index is 2.23. The van der Waals surface area contributed by atoms with Gasteiger partial charge in [0.15, 0.2) is 0 Å². The average Bonchev–Trinajstić information content (AvgIpc) is 2.85. The van der Waals surface area contributed by atoms with Gasteiger partial charge in [0.25, 0.3) is 0 Å². The summed E-state index contributed by atoms with van der Waals surface area (Å²) in [5.74, 6) is 0. The molecule has 0 aliphatic heterocycles. The van der Waals surface area contributed by atoms with E-state index >= 15 is 0 Å². The predicted molar refractivity (Wildman–Crippen MR) is 84.3 cm³/mol. The van der Waals surface area contributed by atoms with Crippen molar-refractivity contribution in [2.75, 3.05) is 0 Å². The van der Waals surface area contributed by atoms with Crippen LogP contribution in [0.2, 0.25) is 0 Å². The number of benzene rings is 1. The van der Waals surface area contributed by atoms with Gasteiger partial charge in [-0.15, -0.1) is 0 Å². The predicted octanol–water partition coefficient (Wildman–Crippen LogP) is 1.91. The smallest absolute Gasteiger partial charge is 0.241 e. The summed E-state index contributed by atoms with van der Waals surface area (Å²) in [6, 6.07) is 4.86. The molecule has 6 heteroatoms. The van der Waals surface area contributed by atoms with Crippen LogP contribution in [0.4, 0.5) is 0 Å². The molecule has 1 aromatic rings. The van der Waals surface area contributed by atoms with E-state index in [2.05, 4.69) is 4.72 Å². The molecule has 0 spiro atoms. The molecule has 0 fully saturated rings. The van der Waals surface area contributed by atoms with E-state index in [4.69, 9.17) is 18.0 Å². The van der Waals surface area contributed by atoms with Crippen LogP contribution in [0.3, 0.4) is 0 Å².